The molecule has 0 fully saturated rings. The van der Waals surface area contributed by atoms with Gasteiger partial charge in [-0.1, -0.05) is 17.7 Å². The van der Waals surface area contributed by atoms with Crippen LogP contribution in [0.4, 0.5) is 11.4 Å². The number of thiocarbonyl (C=S) groups is 1. The second-order valence-corrected chi connectivity index (χ2v) is 4.82. The highest BCUT2D eigenvalue weighted by atomic mass is 32.1. The molecule has 2 rings (SSSR count). The van der Waals surface area contributed by atoms with Gasteiger partial charge in [-0.05, 0) is 31.3 Å². The number of nitro groups is 1. The molecule has 21 heavy (non-hydrogen) atoms. The van der Waals surface area contributed by atoms with E-state index in [1.165, 1.54) is 12.1 Å². The molecule has 2 aromatic carbocycles. The van der Waals surface area contributed by atoms with Crippen molar-refractivity contribution in [1.29, 1.82) is 0 Å². The molecule has 7 heteroatoms. The van der Waals surface area contributed by atoms with Gasteiger partial charge < -0.3 is 15.8 Å². The van der Waals surface area contributed by atoms with E-state index < -0.39 is 4.92 Å². The quantitative estimate of drug-likeness (QED) is 0.511. The lowest BCUT2D eigenvalue weighted by Crippen LogP contribution is -2.18. The number of ether oxygens (including phenoxy) is 1. The number of non-ortho nitro benzene ring substituents is 1. The molecule has 6 nitrogen and oxygen atoms in total. The molecule has 0 amide bonds. The first-order valence-corrected chi connectivity index (χ1v) is 6.45. The Morgan fingerprint density at radius 2 is 1.90 bits per heavy atom. The van der Waals surface area contributed by atoms with Gasteiger partial charge in [-0.25, -0.2) is 0 Å². The number of aryl methyl sites for hydroxylation is 1. The zero-order valence-electron chi connectivity index (χ0n) is 11.2. The molecular formula is C14H13N3O3S. The summed E-state index contributed by atoms with van der Waals surface area (Å²) in [7, 11) is 0. The average molecular weight is 303 g/mol. The van der Waals surface area contributed by atoms with Crippen molar-refractivity contribution in [3.05, 3.63) is 58.1 Å². The topological polar surface area (TPSA) is 90.4 Å². The lowest BCUT2D eigenvalue weighted by molar-refractivity contribution is -0.384. The third-order valence-electron chi connectivity index (χ3n) is 2.63. The van der Waals surface area contributed by atoms with Crippen molar-refractivity contribution in [2.75, 3.05) is 5.32 Å². The van der Waals surface area contributed by atoms with Crippen molar-refractivity contribution >= 4 is 28.7 Å². The summed E-state index contributed by atoms with van der Waals surface area (Å²) in [5.41, 5.74) is 6.76. The van der Waals surface area contributed by atoms with E-state index in [-0.39, 0.29) is 10.8 Å². The third kappa shape index (κ3) is 4.15. The van der Waals surface area contributed by atoms with E-state index in [0.717, 1.165) is 5.56 Å². The first-order valence-electron chi connectivity index (χ1n) is 6.04. The van der Waals surface area contributed by atoms with E-state index in [4.69, 9.17) is 22.7 Å². The van der Waals surface area contributed by atoms with Gasteiger partial charge in [0, 0.05) is 12.1 Å². The molecule has 3 N–H and O–H groups in total. The monoisotopic (exact) mass is 303 g/mol. The predicted octanol–water partition coefficient (Wildman–Crippen LogP) is 3.35. The number of hydrogen-bond donors (Lipinski definition) is 2. The number of nitrogens with zero attached hydrogens (tertiary/aromatic N) is 1. The number of hydrogen-bond acceptors (Lipinski definition) is 4. The Bertz CT molecular complexity index is 686. The van der Waals surface area contributed by atoms with E-state index in [0.29, 0.717) is 17.2 Å². The Kier molecular flexibility index (Phi) is 4.34. The maximum absolute atomic E-state index is 10.9. The molecule has 0 aliphatic carbocycles. The van der Waals surface area contributed by atoms with Crippen LogP contribution in [0.5, 0.6) is 11.5 Å². The maximum atomic E-state index is 10.9. The van der Waals surface area contributed by atoms with E-state index in [9.17, 15) is 10.1 Å². The van der Waals surface area contributed by atoms with Gasteiger partial charge >= 0.3 is 0 Å². The second kappa shape index (κ2) is 6.19. The van der Waals surface area contributed by atoms with Crippen LogP contribution in [-0.4, -0.2) is 10.0 Å². The number of nitrogens with two attached hydrogens (primary N) is 1. The Hall–Kier alpha value is -2.67. The highest BCUT2D eigenvalue weighted by molar-refractivity contribution is 7.80. The van der Waals surface area contributed by atoms with Crippen LogP contribution in [0, 0.1) is 17.0 Å². The Balaban J connectivity index is 2.32. The minimum atomic E-state index is -0.507. The molecule has 0 unspecified atom stereocenters. The molecule has 0 heterocycles. The number of nitrogens with one attached hydrogen (secondary N) is 1. The minimum absolute atomic E-state index is 0.0248. The summed E-state index contributed by atoms with van der Waals surface area (Å²) < 4.78 is 5.62. The summed E-state index contributed by atoms with van der Waals surface area (Å²) in [5, 5.41) is 13.6. The predicted molar refractivity (Wildman–Crippen MR) is 84.8 cm³/mol. The van der Waals surface area contributed by atoms with E-state index in [1.54, 1.807) is 18.2 Å². The van der Waals surface area contributed by atoms with Crippen molar-refractivity contribution in [3.63, 3.8) is 0 Å². The van der Waals surface area contributed by atoms with Gasteiger partial charge in [0.2, 0.25) is 0 Å². The van der Waals surface area contributed by atoms with Crippen molar-refractivity contribution in [2.45, 2.75) is 6.92 Å². The molecule has 0 aliphatic heterocycles. The molecule has 0 saturated carbocycles. The standard InChI is InChI=1S/C14H13N3O3S/c1-9-2-4-12(5-3-9)20-13-7-10(16-14(15)21)6-11(8-13)17(18)19/h2-8H,1H3,(H3,15,16,21). The summed E-state index contributed by atoms with van der Waals surface area (Å²) in [6.07, 6.45) is 0. The molecule has 0 saturated heterocycles. The fraction of sp³-hybridized carbons (Fsp3) is 0.0714. The zero-order chi connectivity index (χ0) is 15.4. The molecule has 0 atom stereocenters. The van der Waals surface area contributed by atoms with Crippen LogP contribution in [0.3, 0.4) is 0 Å². The number of nitro benzene ring substituents is 1. The molecule has 108 valence electrons. The van der Waals surface area contributed by atoms with Gasteiger partial charge in [-0.3, -0.25) is 10.1 Å². The highest BCUT2D eigenvalue weighted by Gasteiger charge is 2.11. The van der Waals surface area contributed by atoms with Crippen LogP contribution in [0.2, 0.25) is 0 Å². The lowest BCUT2D eigenvalue weighted by Gasteiger charge is -2.09. The lowest BCUT2D eigenvalue weighted by atomic mass is 10.2. The maximum Gasteiger partial charge on any atom is 0.275 e. The SMILES string of the molecule is Cc1ccc(Oc2cc(NC(N)=S)cc([N+](=O)[O-])c2)cc1. The van der Waals surface area contributed by atoms with Crippen LogP contribution in [0.1, 0.15) is 5.56 Å². The third-order valence-corrected chi connectivity index (χ3v) is 2.73. The van der Waals surface area contributed by atoms with Crippen molar-refractivity contribution in [2.24, 2.45) is 5.73 Å². The van der Waals surface area contributed by atoms with E-state index in [2.05, 4.69) is 5.32 Å². The van der Waals surface area contributed by atoms with Gasteiger partial charge in [0.25, 0.3) is 5.69 Å². The second-order valence-electron chi connectivity index (χ2n) is 4.38. The molecule has 0 radical (unpaired) electrons. The van der Waals surface area contributed by atoms with Gasteiger partial charge in [0.15, 0.2) is 5.11 Å². The Morgan fingerprint density at radius 1 is 1.24 bits per heavy atom. The molecule has 0 bridgehead atoms. The van der Waals surface area contributed by atoms with Gasteiger partial charge in [0.1, 0.15) is 11.5 Å². The average Bonchev–Trinajstić information content (AvgIpc) is 2.40. The van der Waals surface area contributed by atoms with Crippen LogP contribution < -0.4 is 15.8 Å². The van der Waals surface area contributed by atoms with Gasteiger partial charge in [-0.2, -0.15) is 0 Å². The largest absolute Gasteiger partial charge is 0.457 e. The van der Waals surface area contributed by atoms with Crippen molar-refractivity contribution in [3.8, 4) is 11.5 Å². The molecule has 2 aromatic rings. The summed E-state index contributed by atoms with van der Waals surface area (Å²) >= 11 is 4.73. The zero-order valence-corrected chi connectivity index (χ0v) is 12.0. The molecule has 0 aliphatic rings. The number of benzene rings is 2. The van der Waals surface area contributed by atoms with Gasteiger partial charge in [0.05, 0.1) is 16.7 Å². The van der Waals surface area contributed by atoms with Crippen LogP contribution in [0.15, 0.2) is 42.5 Å². The van der Waals surface area contributed by atoms with E-state index in [1.807, 2.05) is 19.1 Å². The van der Waals surface area contributed by atoms with Crippen LogP contribution in [-0.2, 0) is 0 Å². The highest BCUT2D eigenvalue weighted by Crippen LogP contribution is 2.29. The van der Waals surface area contributed by atoms with Crippen molar-refractivity contribution < 1.29 is 9.66 Å². The Morgan fingerprint density at radius 3 is 2.48 bits per heavy atom. The number of rotatable bonds is 4. The van der Waals surface area contributed by atoms with Gasteiger partial charge in [-0.15, -0.1) is 0 Å². The molecule has 0 aromatic heterocycles. The fourth-order valence-corrected chi connectivity index (χ4v) is 1.82. The van der Waals surface area contributed by atoms with Crippen LogP contribution in [0.25, 0.3) is 0 Å². The summed E-state index contributed by atoms with van der Waals surface area (Å²) in [6.45, 7) is 1.96. The van der Waals surface area contributed by atoms with E-state index >= 15 is 0 Å². The minimum Gasteiger partial charge on any atom is -0.457 e. The normalized spacial score (nSPS) is 9.95. The fourth-order valence-electron chi connectivity index (χ4n) is 1.70. The van der Waals surface area contributed by atoms with Crippen LogP contribution >= 0.6 is 12.2 Å². The smallest absolute Gasteiger partial charge is 0.275 e. The molecular weight excluding hydrogens is 290 g/mol. The summed E-state index contributed by atoms with van der Waals surface area (Å²) in [4.78, 5) is 10.4. The summed E-state index contributed by atoms with van der Waals surface area (Å²) in [6, 6.07) is 11.6. The first kappa shape index (κ1) is 14.7. The van der Waals surface area contributed by atoms with Crippen molar-refractivity contribution in [1.82, 2.24) is 0 Å². The number of anilines is 1. The Labute approximate surface area is 126 Å². The molecule has 0 spiro atoms. The first-order chi connectivity index (χ1) is 9.94. The summed E-state index contributed by atoms with van der Waals surface area (Å²) in [5.74, 6) is 0.911.